The maximum atomic E-state index is 13.7. The molecule has 0 bridgehead atoms. The minimum atomic E-state index is -4.31. The van der Waals surface area contributed by atoms with E-state index < -0.39 is 37.2 Å². The van der Waals surface area contributed by atoms with Crippen molar-refractivity contribution in [3.8, 4) is 0 Å². The van der Waals surface area contributed by atoms with Gasteiger partial charge in [0.2, 0.25) is 15.8 Å². The first-order chi connectivity index (χ1) is 9.77. The molecule has 10 heteroatoms. The van der Waals surface area contributed by atoms with Crippen LogP contribution in [0.15, 0.2) is 17.0 Å². The van der Waals surface area contributed by atoms with E-state index >= 15 is 0 Å². The molecule has 0 saturated carbocycles. The smallest absolute Gasteiger partial charge is 0.306 e. The third kappa shape index (κ3) is 2.87. The summed E-state index contributed by atoms with van der Waals surface area (Å²) in [4.78, 5) is 8.58. The van der Waals surface area contributed by atoms with Gasteiger partial charge in [-0.25, -0.2) is 12.8 Å². The van der Waals surface area contributed by atoms with Crippen molar-refractivity contribution in [1.82, 2.24) is 4.31 Å². The summed E-state index contributed by atoms with van der Waals surface area (Å²) in [5.74, 6) is -3.09. The van der Waals surface area contributed by atoms with Crippen LogP contribution in [0.5, 0.6) is 0 Å². The standard InChI is InChI=1S/C11H12F2N2O5S/c12-8-3-9(13)11(4-10(8)15(17)18)21(19,20)14-2-1-7(5-14)6-16/h3-4,7,16H,1-2,5-6H2. The van der Waals surface area contributed by atoms with Gasteiger partial charge in [-0.2, -0.15) is 8.70 Å². The minimum Gasteiger partial charge on any atom is -0.396 e. The van der Waals surface area contributed by atoms with Crippen LogP contribution in [0.3, 0.4) is 0 Å². The average molecular weight is 322 g/mol. The predicted molar refractivity (Wildman–Crippen MR) is 67.0 cm³/mol. The third-order valence-corrected chi connectivity index (χ3v) is 5.20. The number of nitro benzene ring substituents is 1. The maximum Gasteiger partial charge on any atom is 0.306 e. The lowest BCUT2D eigenvalue weighted by molar-refractivity contribution is -0.387. The van der Waals surface area contributed by atoms with E-state index in [1.54, 1.807) is 0 Å². The van der Waals surface area contributed by atoms with Crippen LogP contribution in [-0.4, -0.2) is 42.4 Å². The summed E-state index contributed by atoms with van der Waals surface area (Å²) in [6.07, 6.45) is 0.403. The summed E-state index contributed by atoms with van der Waals surface area (Å²) in [6.45, 7) is -0.153. The first-order valence-electron chi connectivity index (χ1n) is 6.01. The molecular weight excluding hydrogens is 310 g/mol. The van der Waals surface area contributed by atoms with Crippen LogP contribution in [0, 0.1) is 27.7 Å². The summed E-state index contributed by atoms with van der Waals surface area (Å²) in [6, 6.07) is 0.566. The molecule has 1 heterocycles. The Hall–Kier alpha value is -1.65. The van der Waals surface area contributed by atoms with Gasteiger partial charge in [-0.1, -0.05) is 0 Å². The molecular formula is C11H12F2N2O5S. The van der Waals surface area contributed by atoms with Crippen molar-refractivity contribution in [3.05, 3.63) is 33.9 Å². The Bertz CT molecular complexity index is 679. The summed E-state index contributed by atoms with van der Waals surface area (Å²) < 4.78 is 52.4. The Morgan fingerprint density at radius 2 is 2.05 bits per heavy atom. The number of rotatable bonds is 4. The second kappa shape index (κ2) is 5.62. The molecule has 1 unspecified atom stereocenters. The molecule has 0 aromatic heterocycles. The fourth-order valence-electron chi connectivity index (χ4n) is 2.16. The van der Waals surface area contributed by atoms with Crippen molar-refractivity contribution >= 4 is 15.7 Å². The van der Waals surface area contributed by atoms with Gasteiger partial charge in [-0.15, -0.1) is 0 Å². The number of aliphatic hydroxyl groups is 1. The SMILES string of the molecule is O=[N+]([O-])c1cc(S(=O)(=O)N2CCC(CO)C2)c(F)cc1F. The summed E-state index contributed by atoms with van der Waals surface area (Å²) >= 11 is 0. The second-order valence-electron chi connectivity index (χ2n) is 4.69. The van der Waals surface area contributed by atoms with E-state index in [1.165, 1.54) is 0 Å². The zero-order valence-electron chi connectivity index (χ0n) is 10.7. The van der Waals surface area contributed by atoms with Gasteiger partial charge in [-0.05, 0) is 12.3 Å². The van der Waals surface area contributed by atoms with Crippen LogP contribution in [0.1, 0.15) is 6.42 Å². The molecule has 1 fully saturated rings. The lowest BCUT2D eigenvalue weighted by Crippen LogP contribution is -2.30. The predicted octanol–water partition coefficient (Wildman–Crippen LogP) is 0.876. The number of halogens is 2. The Labute approximate surface area is 119 Å². The van der Waals surface area contributed by atoms with Crippen LogP contribution in [-0.2, 0) is 10.0 Å². The van der Waals surface area contributed by atoms with Crippen molar-refractivity contribution in [3.63, 3.8) is 0 Å². The summed E-state index contributed by atoms with van der Waals surface area (Å²) in [7, 11) is -4.31. The highest BCUT2D eigenvalue weighted by atomic mass is 32.2. The highest BCUT2D eigenvalue weighted by molar-refractivity contribution is 7.89. The molecule has 1 aliphatic heterocycles. The topological polar surface area (TPSA) is 101 Å². The summed E-state index contributed by atoms with van der Waals surface area (Å²) in [5, 5.41) is 19.6. The highest BCUT2D eigenvalue weighted by Gasteiger charge is 2.35. The number of nitro groups is 1. The van der Waals surface area contributed by atoms with Crippen molar-refractivity contribution < 1.29 is 27.2 Å². The van der Waals surface area contributed by atoms with Gasteiger partial charge >= 0.3 is 5.69 Å². The fraction of sp³-hybridized carbons (Fsp3) is 0.455. The quantitative estimate of drug-likeness (QED) is 0.655. The van der Waals surface area contributed by atoms with Gasteiger partial charge in [-0.3, -0.25) is 10.1 Å². The Morgan fingerprint density at radius 1 is 1.38 bits per heavy atom. The number of nitrogens with zero attached hydrogens (tertiary/aromatic N) is 2. The average Bonchev–Trinajstić information content (AvgIpc) is 2.87. The highest BCUT2D eigenvalue weighted by Crippen LogP contribution is 2.29. The van der Waals surface area contributed by atoms with Gasteiger partial charge in [0, 0.05) is 31.8 Å². The number of aliphatic hydroxyl groups excluding tert-OH is 1. The molecule has 1 aromatic carbocycles. The first-order valence-corrected chi connectivity index (χ1v) is 7.45. The molecule has 0 amide bonds. The van der Waals surface area contributed by atoms with Crippen LogP contribution < -0.4 is 0 Å². The molecule has 1 aliphatic rings. The van der Waals surface area contributed by atoms with Crippen LogP contribution >= 0.6 is 0 Å². The number of hydrogen-bond donors (Lipinski definition) is 1. The van der Waals surface area contributed by atoms with E-state index in [9.17, 15) is 27.3 Å². The Kier molecular flexibility index (Phi) is 4.21. The molecule has 0 aliphatic carbocycles. The monoisotopic (exact) mass is 322 g/mol. The maximum absolute atomic E-state index is 13.7. The fourth-order valence-corrected chi connectivity index (χ4v) is 3.76. The van der Waals surface area contributed by atoms with Crippen molar-refractivity contribution in [1.29, 1.82) is 0 Å². The largest absolute Gasteiger partial charge is 0.396 e. The summed E-state index contributed by atoms with van der Waals surface area (Å²) in [5.41, 5.74) is -1.10. The Balaban J connectivity index is 2.45. The van der Waals surface area contributed by atoms with Gasteiger partial charge in [0.1, 0.15) is 10.7 Å². The molecule has 1 aromatic rings. The molecule has 116 valence electrons. The van der Waals surface area contributed by atoms with E-state index in [1.807, 2.05) is 0 Å². The van der Waals surface area contributed by atoms with E-state index in [0.29, 0.717) is 12.5 Å². The molecule has 1 atom stereocenters. The zero-order valence-corrected chi connectivity index (χ0v) is 11.5. The Morgan fingerprint density at radius 3 is 2.57 bits per heavy atom. The van der Waals surface area contributed by atoms with Crippen LogP contribution in [0.25, 0.3) is 0 Å². The van der Waals surface area contributed by atoms with Crippen molar-refractivity contribution in [2.75, 3.05) is 19.7 Å². The molecule has 1 saturated heterocycles. The van der Waals surface area contributed by atoms with Gasteiger partial charge in [0.15, 0.2) is 0 Å². The lowest BCUT2D eigenvalue weighted by Gasteiger charge is -2.16. The first kappa shape index (κ1) is 15.7. The third-order valence-electron chi connectivity index (χ3n) is 3.32. The van der Waals surface area contributed by atoms with E-state index in [0.717, 1.165) is 4.31 Å². The molecule has 0 radical (unpaired) electrons. The molecule has 21 heavy (non-hydrogen) atoms. The van der Waals surface area contributed by atoms with E-state index in [4.69, 9.17) is 5.11 Å². The van der Waals surface area contributed by atoms with E-state index in [2.05, 4.69) is 0 Å². The van der Waals surface area contributed by atoms with Gasteiger partial charge in [0.25, 0.3) is 0 Å². The van der Waals surface area contributed by atoms with Crippen molar-refractivity contribution in [2.24, 2.45) is 5.92 Å². The number of hydrogen-bond acceptors (Lipinski definition) is 5. The van der Waals surface area contributed by atoms with Crippen molar-refractivity contribution in [2.45, 2.75) is 11.3 Å². The second-order valence-corrected chi connectivity index (χ2v) is 6.60. The van der Waals surface area contributed by atoms with Gasteiger partial charge in [0.05, 0.1) is 4.92 Å². The molecule has 2 rings (SSSR count). The van der Waals surface area contributed by atoms with Crippen LogP contribution in [0.4, 0.5) is 14.5 Å². The van der Waals surface area contributed by atoms with E-state index in [-0.39, 0.29) is 31.7 Å². The molecule has 0 spiro atoms. The lowest BCUT2D eigenvalue weighted by atomic mass is 10.1. The van der Waals surface area contributed by atoms with Gasteiger partial charge < -0.3 is 5.11 Å². The van der Waals surface area contributed by atoms with Crippen LogP contribution in [0.2, 0.25) is 0 Å². The zero-order chi connectivity index (χ0) is 15.8. The number of benzene rings is 1. The number of sulfonamides is 1. The molecule has 1 N–H and O–H groups in total. The molecule has 7 nitrogen and oxygen atoms in total. The normalized spacial score (nSPS) is 19.9. The minimum absolute atomic E-state index is 0.0105.